The molecule has 0 spiro atoms. The van der Waals surface area contributed by atoms with Crippen LogP contribution in [0.15, 0.2) is 24.3 Å². The summed E-state index contributed by atoms with van der Waals surface area (Å²) in [5, 5.41) is 5.65. The molecule has 1 atom stereocenters. The van der Waals surface area contributed by atoms with Crippen LogP contribution < -0.4 is 10.6 Å². The van der Waals surface area contributed by atoms with Gasteiger partial charge >= 0.3 is 6.03 Å². The van der Waals surface area contributed by atoms with Crippen molar-refractivity contribution in [1.82, 2.24) is 15.5 Å². The van der Waals surface area contributed by atoms with Crippen LogP contribution in [0.4, 0.5) is 9.18 Å². The van der Waals surface area contributed by atoms with Crippen LogP contribution in [0.1, 0.15) is 38.2 Å². The fraction of sp³-hybridized carbons (Fsp3) is 0.588. The molecule has 0 aliphatic carbocycles. The first kappa shape index (κ1) is 16.7. The molecule has 122 valence electrons. The molecule has 2 rings (SSSR count). The highest BCUT2D eigenvalue weighted by atomic mass is 19.1. The maximum atomic E-state index is 12.8. The van der Waals surface area contributed by atoms with Crippen LogP contribution in [0.25, 0.3) is 0 Å². The molecule has 0 aromatic heterocycles. The lowest BCUT2D eigenvalue weighted by atomic mass is 10.0. The number of carbonyl (C=O) groups excluding carboxylic acids is 1. The van der Waals surface area contributed by atoms with Crippen molar-refractivity contribution in [2.24, 2.45) is 0 Å². The SMILES string of the molecule is CC1CCCCN1CCCNC(=O)NCc1ccc(F)cc1. The summed E-state index contributed by atoms with van der Waals surface area (Å²) in [6.45, 7) is 5.59. The van der Waals surface area contributed by atoms with E-state index in [-0.39, 0.29) is 11.8 Å². The molecule has 4 nitrogen and oxygen atoms in total. The molecule has 0 saturated carbocycles. The number of benzene rings is 1. The molecule has 0 bridgehead atoms. The zero-order chi connectivity index (χ0) is 15.8. The predicted molar refractivity (Wildman–Crippen MR) is 86.1 cm³/mol. The van der Waals surface area contributed by atoms with Gasteiger partial charge in [-0.25, -0.2) is 9.18 Å². The van der Waals surface area contributed by atoms with Crippen LogP contribution in [0.2, 0.25) is 0 Å². The molecule has 2 amide bonds. The highest BCUT2D eigenvalue weighted by Crippen LogP contribution is 2.15. The largest absolute Gasteiger partial charge is 0.338 e. The molecule has 1 heterocycles. The summed E-state index contributed by atoms with van der Waals surface area (Å²) < 4.78 is 12.8. The summed E-state index contributed by atoms with van der Waals surface area (Å²) in [6.07, 6.45) is 4.87. The lowest BCUT2D eigenvalue weighted by molar-refractivity contribution is 0.159. The number of hydrogen-bond donors (Lipinski definition) is 2. The lowest BCUT2D eigenvalue weighted by Crippen LogP contribution is -2.40. The van der Waals surface area contributed by atoms with Gasteiger partial charge in [0.25, 0.3) is 0 Å². The average molecular weight is 307 g/mol. The third kappa shape index (κ3) is 5.64. The zero-order valence-electron chi connectivity index (χ0n) is 13.3. The number of amides is 2. The van der Waals surface area contributed by atoms with E-state index in [9.17, 15) is 9.18 Å². The number of carbonyl (C=O) groups is 1. The molecule has 22 heavy (non-hydrogen) atoms. The van der Waals surface area contributed by atoms with Gasteiger partial charge in [-0.2, -0.15) is 0 Å². The van der Waals surface area contributed by atoms with Crippen LogP contribution in [0.3, 0.4) is 0 Å². The monoisotopic (exact) mass is 307 g/mol. The van der Waals surface area contributed by atoms with Gasteiger partial charge in [-0.1, -0.05) is 18.6 Å². The highest BCUT2D eigenvalue weighted by molar-refractivity contribution is 5.73. The van der Waals surface area contributed by atoms with E-state index in [4.69, 9.17) is 0 Å². The first-order chi connectivity index (χ1) is 10.6. The van der Waals surface area contributed by atoms with E-state index in [1.54, 1.807) is 12.1 Å². The van der Waals surface area contributed by atoms with Gasteiger partial charge in [-0.05, 0) is 50.4 Å². The van der Waals surface area contributed by atoms with Crippen LogP contribution in [0, 0.1) is 5.82 Å². The molecule has 5 heteroatoms. The average Bonchev–Trinajstić information content (AvgIpc) is 2.52. The van der Waals surface area contributed by atoms with Crippen LogP contribution in [-0.2, 0) is 6.54 Å². The van der Waals surface area contributed by atoms with E-state index < -0.39 is 0 Å². The molecule has 1 aromatic rings. The van der Waals surface area contributed by atoms with Crippen molar-refractivity contribution in [3.63, 3.8) is 0 Å². The molecular weight excluding hydrogens is 281 g/mol. The third-order valence-electron chi connectivity index (χ3n) is 4.21. The number of piperidine rings is 1. The number of hydrogen-bond acceptors (Lipinski definition) is 2. The number of rotatable bonds is 6. The highest BCUT2D eigenvalue weighted by Gasteiger charge is 2.17. The number of urea groups is 1. The van der Waals surface area contributed by atoms with E-state index in [2.05, 4.69) is 22.5 Å². The van der Waals surface area contributed by atoms with Gasteiger partial charge in [-0.15, -0.1) is 0 Å². The maximum Gasteiger partial charge on any atom is 0.315 e. The Hall–Kier alpha value is -1.62. The van der Waals surface area contributed by atoms with Gasteiger partial charge < -0.3 is 15.5 Å². The molecule has 2 N–H and O–H groups in total. The summed E-state index contributed by atoms with van der Waals surface area (Å²) in [5.74, 6) is -0.264. The maximum absolute atomic E-state index is 12.8. The number of nitrogens with zero attached hydrogens (tertiary/aromatic N) is 1. The van der Waals surface area contributed by atoms with Crippen molar-refractivity contribution in [2.75, 3.05) is 19.6 Å². The lowest BCUT2D eigenvalue weighted by Gasteiger charge is -2.33. The molecule has 1 aromatic carbocycles. The number of nitrogens with one attached hydrogen (secondary N) is 2. The Kier molecular flexibility index (Phi) is 6.65. The molecule has 1 saturated heterocycles. The molecule has 1 fully saturated rings. The Morgan fingerprint density at radius 2 is 2.05 bits per heavy atom. The van der Waals surface area contributed by atoms with Gasteiger partial charge in [0.05, 0.1) is 0 Å². The minimum Gasteiger partial charge on any atom is -0.338 e. The van der Waals surface area contributed by atoms with Crippen molar-refractivity contribution in [3.05, 3.63) is 35.6 Å². The van der Waals surface area contributed by atoms with Crippen LogP contribution in [0.5, 0.6) is 0 Å². The Bertz CT molecular complexity index is 463. The smallest absolute Gasteiger partial charge is 0.315 e. The Morgan fingerprint density at radius 3 is 2.77 bits per heavy atom. The second-order valence-electron chi connectivity index (χ2n) is 5.97. The van der Waals surface area contributed by atoms with E-state index in [0.29, 0.717) is 19.1 Å². The van der Waals surface area contributed by atoms with E-state index >= 15 is 0 Å². The first-order valence-electron chi connectivity index (χ1n) is 8.15. The molecule has 1 aliphatic rings. The summed E-state index contributed by atoms with van der Waals surface area (Å²) in [6, 6.07) is 6.64. The van der Waals surface area contributed by atoms with E-state index in [0.717, 1.165) is 18.5 Å². The van der Waals surface area contributed by atoms with Crippen molar-refractivity contribution in [2.45, 2.75) is 45.2 Å². The standard InChI is InChI=1S/C17H26FN3O/c1-14-5-2-3-11-21(14)12-4-10-19-17(22)20-13-15-6-8-16(18)9-7-15/h6-9,14H,2-5,10-13H2,1H3,(H2,19,20,22). The fourth-order valence-corrected chi connectivity index (χ4v) is 2.82. The van der Waals surface area contributed by atoms with Crippen LogP contribution >= 0.6 is 0 Å². The van der Waals surface area contributed by atoms with Crippen molar-refractivity contribution < 1.29 is 9.18 Å². The Labute approximate surface area is 132 Å². The third-order valence-corrected chi connectivity index (χ3v) is 4.21. The predicted octanol–water partition coefficient (Wildman–Crippen LogP) is 2.89. The first-order valence-corrected chi connectivity index (χ1v) is 8.15. The van der Waals surface area contributed by atoms with E-state index in [1.807, 2.05) is 0 Å². The Balaban J connectivity index is 1.56. The zero-order valence-corrected chi connectivity index (χ0v) is 13.3. The summed E-state index contributed by atoms with van der Waals surface area (Å²) >= 11 is 0. The van der Waals surface area contributed by atoms with Crippen molar-refractivity contribution in [1.29, 1.82) is 0 Å². The van der Waals surface area contributed by atoms with Gasteiger partial charge in [0.2, 0.25) is 0 Å². The fourth-order valence-electron chi connectivity index (χ4n) is 2.82. The summed E-state index contributed by atoms with van der Waals surface area (Å²) in [5.41, 5.74) is 0.888. The molecule has 0 radical (unpaired) electrons. The minimum absolute atomic E-state index is 0.170. The minimum atomic E-state index is -0.264. The van der Waals surface area contributed by atoms with Gasteiger partial charge in [0.15, 0.2) is 0 Å². The van der Waals surface area contributed by atoms with Gasteiger partial charge in [-0.3, -0.25) is 0 Å². The van der Waals surface area contributed by atoms with Crippen LogP contribution in [-0.4, -0.2) is 36.6 Å². The molecule has 1 unspecified atom stereocenters. The van der Waals surface area contributed by atoms with E-state index in [1.165, 1.54) is 37.9 Å². The molecular formula is C17H26FN3O. The van der Waals surface area contributed by atoms with Crippen molar-refractivity contribution in [3.8, 4) is 0 Å². The second kappa shape index (κ2) is 8.73. The topological polar surface area (TPSA) is 44.4 Å². The van der Waals surface area contributed by atoms with Gasteiger partial charge in [0, 0.05) is 25.7 Å². The quantitative estimate of drug-likeness (QED) is 0.794. The molecule has 1 aliphatic heterocycles. The summed E-state index contributed by atoms with van der Waals surface area (Å²) in [4.78, 5) is 14.2. The number of likely N-dealkylation sites (tertiary alicyclic amines) is 1. The van der Waals surface area contributed by atoms with Gasteiger partial charge in [0.1, 0.15) is 5.82 Å². The summed E-state index contributed by atoms with van der Waals surface area (Å²) in [7, 11) is 0. The number of halogens is 1. The Morgan fingerprint density at radius 1 is 1.27 bits per heavy atom. The van der Waals surface area contributed by atoms with Crippen molar-refractivity contribution >= 4 is 6.03 Å². The normalized spacial score (nSPS) is 18.9. The second-order valence-corrected chi connectivity index (χ2v) is 5.97.